The summed E-state index contributed by atoms with van der Waals surface area (Å²) < 4.78 is 0. The molecule has 21 heavy (non-hydrogen) atoms. The molecule has 0 fully saturated rings. The van der Waals surface area contributed by atoms with Gasteiger partial charge in [-0.1, -0.05) is 37.7 Å². The number of aryl methyl sites for hydroxylation is 1. The van der Waals surface area contributed by atoms with Crippen molar-refractivity contribution in [1.82, 2.24) is 10.2 Å². The predicted molar refractivity (Wildman–Crippen MR) is 82.0 cm³/mol. The molecule has 1 aromatic carbocycles. The van der Waals surface area contributed by atoms with Crippen molar-refractivity contribution in [1.29, 1.82) is 5.26 Å². The summed E-state index contributed by atoms with van der Waals surface area (Å²) in [6.45, 7) is 4.08. The van der Waals surface area contributed by atoms with E-state index in [1.807, 2.05) is 38.1 Å². The van der Waals surface area contributed by atoms with Crippen LogP contribution < -0.4 is 0 Å². The minimum atomic E-state index is 0.0272. The van der Waals surface area contributed by atoms with Gasteiger partial charge in [-0.3, -0.25) is 0 Å². The Kier molecular flexibility index (Phi) is 5.32. The number of nitrogens with zero attached hydrogens (tertiary/aromatic N) is 3. The Morgan fingerprint density at radius 2 is 1.86 bits per heavy atom. The molecule has 1 heterocycles. The number of aromatic nitrogens is 2. The van der Waals surface area contributed by atoms with Gasteiger partial charge in [0.15, 0.2) is 0 Å². The highest BCUT2D eigenvalue weighted by Crippen LogP contribution is 2.30. The van der Waals surface area contributed by atoms with Crippen LogP contribution in [0.5, 0.6) is 0 Å². The minimum Gasteiger partial charge on any atom is -0.392 e. The van der Waals surface area contributed by atoms with Gasteiger partial charge in [0.05, 0.1) is 17.9 Å². The first-order valence-electron chi connectivity index (χ1n) is 6.89. The molecule has 0 spiro atoms. The van der Waals surface area contributed by atoms with Crippen LogP contribution in [0.4, 0.5) is 0 Å². The van der Waals surface area contributed by atoms with Crippen LogP contribution in [0.1, 0.15) is 36.2 Å². The standard InChI is InChI=1S/C16H17N3OS/c1-3-13-14(9-17)16(19-18-15(13)4-2)21-12-7-5-11(10-20)6-8-12/h5-8,20H,3-4,10H2,1-2H3. The second-order valence-corrected chi connectivity index (χ2v) is 5.59. The molecule has 1 aromatic heterocycles. The molecule has 0 bridgehead atoms. The maximum absolute atomic E-state index is 9.45. The van der Waals surface area contributed by atoms with E-state index in [9.17, 15) is 5.26 Å². The van der Waals surface area contributed by atoms with Gasteiger partial charge in [-0.05, 0) is 36.1 Å². The van der Waals surface area contributed by atoms with Gasteiger partial charge in [0.2, 0.25) is 0 Å². The average molecular weight is 299 g/mol. The van der Waals surface area contributed by atoms with Crippen LogP contribution in [-0.4, -0.2) is 15.3 Å². The lowest BCUT2D eigenvalue weighted by molar-refractivity contribution is 0.282. The van der Waals surface area contributed by atoms with Gasteiger partial charge in [0.1, 0.15) is 11.1 Å². The van der Waals surface area contributed by atoms with Gasteiger partial charge < -0.3 is 5.11 Å². The lowest BCUT2D eigenvalue weighted by atomic mass is 10.1. The van der Waals surface area contributed by atoms with Crippen molar-refractivity contribution in [3.05, 3.63) is 46.6 Å². The van der Waals surface area contributed by atoms with Crippen molar-refractivity contribution in [2.24, 2.45) is 0 Å². The third-order valence-corrected chi connectivity index (χ3v) is 4.23. The van der Waals surface area contributed by atoms with Crippen molar-refractivity contribution >= 4 is 11.8 Å². The van der Waals surface area contributed by atoms with Crippen molar-refractivity contribution < 1.29 is 5.11 Å². The summed E-state index contributed by atoms with van der Waals surface area (Å²) in [5.74, 6) is 0. The number of hydrogen-bond acceptors (Lipinski definition) is 5. The lowest BCUT2D eigenvalue weighted by Crippen LogP contribution is -2.04. The Hall–Kier alpha value is -1.90. The summed E-state index contributed by atoms with van der Waals surface area (Å²) in [5.41, 5.74) is 3.38. The number of hydrogen-bond donors (Lipinski definition) is 1. The molecule has 0 aliphatic heterocycles. The van der Waals surface area contributed by atoms with Crippen molar-refractivity contribution in [3.8, 4) is 6.07 Å². The van der Waals surface area contributed by atoms with Crippen LogP contribution in [0, 0.1) is 11.3 Å². The average Bonchev–Trinajstić information content (AvgIpc) is 2.54. The molecule has 4 nitrogen and oxygen atoms in total. The minimum absolute atomic E-state index is 0.0272. The zero-order valence-corrected chi connectivity index (χ0v) is 12.9. The molecule has 0 amide bonds. The molecule has 0 saturated heterocycles. The van der Waals surface area contributed by atoms with Crippen molar-refractivity contribution in [2.45, 2.75) is 43.2 Å². The maximum atomic E-state index is 9.45. The number of benzene rings is 1. The van der Waals surface area contributed by atoms with Crippen molar-refractivity contribution in [3.63, 3.8) is 0 Å². The Morgan fingerprint density at radius 1 is 1.14 bits per heavy atom. The molecule has 0 atom stereocenters. The van der Waals surface area contributed by atoms with Gasteiger partial charge in [-0.25, -0.2) is 0 Å². The fourth-order valence-electron chi connectivity index (χ4n) is 2.12. The Bertz CT molecular complexity index is 662. The summed E-state index contributed by atoms with van der Waals surface area (Å²) >= 11 is 1.43. The maximum Gasteiger partial charge on any atom is 0.142 e. The summed E-state index contributed by atoms with van der Waals surface area (Å²) in [6, 6.07) is 9.83. The highest BCUT2D eigenvalue weighted by atomic mass is 32.2. The highest BCUT2D eigenvalue weighted by molar-refractivity contribution is 7.99. The van der Waals surface area contributed by atoms with Gasteiger partial charge in [0.25, 0.3) is 0 Å². The first-order valence-corrected chi connectivity index (χ1v) is 7.71. The Morgan fingerprint density at radius 3 is 2.38 bits per heavy atom. The van der Waals surface area contributed by atoms with Gasteiger partial charge in [-0.2, -0.15) is 10.4 Å². The number of nitriles is 1. The molecule has 2 rings (SSSR count). The van der Waals surface area contributed by atoms with E-state index in [4.69, 9.17) is 5.11 Å². The van der Waals surface area contributed by atoms with E-state index in [-0.39, 0.29) is 6.61 Å². The van der Waals surface area contributed by atoms with Crippen LogP contribution in [0.3, 0.4) is 0 Å². The van der Waals surface area contributed by atoms with Gasteiger partial charge >= 0.3 is 0 Å². The van der Waals surface area contributed by atoms with E-state index in [1.165, 1.54) is 11.8 Å². The second kappa shape index (κ2) is 7.21. The monoisotopic (exact) mass is 299 g/mol. The van der Waals surface area contributed by atoms with Crippen LogP contribution in [0.2, 0.25) is 0 Å². The second-order valence-electron chi connectivity index (χ2n) is 4.53. The molecular weight excluding hydrogens is 282 g/mol. The quantitative estimate of drug-likeness (QED) is 0.918. The molecule has 0 aliphatic carbocycles. The van der Waals surface area contributed by atoms with Crippen LogP contribution in [0.25, 0.3) is 0 Å². The van der Waals surface area contributed by atoms with Gasteiger partial charge in [-0.15, -0.1) is 5.10 Å². The molecule has 0 radical (unpaired) electrons. The third-order valence-electron chi connectivity index (χ3n) is 3.25. The molecule has 1 N–H and O–H groups in total. The summed E-state index contributed by atoms with van der Waals surface area (Å²) in [4.78, 5) is 0.976. The molecule has 0 aliphatic rings. The largest absolute Gasteiger partial charge is 0.392 e. The molecule has 5 heteroatoms. The molecule has 108 valence electrons. The van der Waals surface area contributed by atoms with Crippen molar-refractivity contribution in [2.75, 3.05) is 0 Å². The van der Waals surface area contributed by atoms with E-state index in [0.29, 0.717) is 10.6 Å². The van der Waals surface area contributed by atoms with Crippen LogP contribution in [-0.2, 0) is 19.4 Å². The van der Waals surface area contributed by atoms with E-state index in [1.54, 1.807) is 0 Å². The SMILES string of the molecule is CCc1nnc(Sc2ccc(CO)cc2)c(C#N)c1CC. The van der Waals surface area contributed by atoms with Crippen LogP contribution in [0.15, 0.2) is 34.2 Å². The lowest BCUT2D eigenvalue weighted by Gasteiger charge is -2.10. The van der Waals surface area contributed by atoms with E-state index < -0.39 is 0 Å². The van der Waals surface area contributed by atoms with E-state index in [2.05, 4.69) is 16.3 Å². The van der Waals surface area contributed by atoms with Gasteiger partial charge in [0, 0.05) is 4.90 Å². The predicted octanol–water partition coefficient (Wildman–Crippen LogP) is 3.12. The zero-order chi connectivity index (χ0) is 15.2. The van der Waals surface area contributed by atoms with E-state index in [0.717, 1.165) is 34.6 Å². The fraction of sp³-hybridized carbons (Fsp3) is 0.312. The third kappa shape index (κ3) is 3.41. The van der Waals surface area contributed by atoms with Crippen LogP contribution >= 0.6 is 11.8 Å². The normalized spacial score (nSPS) is 10.4. The van der Waals surface area contributed by atoms with E-state index >= 15 is 0 Å². The summed E-state index contributed by atoms with van der Waals surface area (Å²) in [5, 5.41) is 27.6. The molecule has 0 saturated carbocycles. The molecule has 0 unspecified atom stereocenters. The Balaban J connectivity index is 2.37. The Labute approximate surface area is 128 Å². The smallest absolute Gasteiger partial charge is 0.142 e. The molecular formula is C16H17N3OS. The fourth-order valence-corrected chi connectivity index (χ4v) is 2.96. The highest BCUT2D eigenvalue weighted by Gasteiger charge is 2.15. The molecule has 2 aromatic rings. The zero-order valence-electron chi connectivity index (χ0n) is 12.1. The summed E-state index contributed by atoms with van der Waals surface area (Å²) in [7, 11) is 0. The number of aliphatic hydroxyl groups is 1. The first-order chi connectivity index (χ1) is 10.2. The summed E-state index contributed by atoms with van der Waals surface area (Å²) in [6.07, 6.45) is 1.56. The first kappa shape index (κ1) is 15.5. The topological polar surface area (TPSA) is 69.8 Å². The number of aliphatic hydroxyl groups excluding tert-OH is 1. The number of rotatable bonds is 5.